The average Bonchev–Trinajstić information content (AvgIpc) is 2.89. The molecule has 5 nitrogen and oxygen atoms in total. The third kappa shape index (κ3) is 5.52. The molecule has 0 aromatic heterocycles. The molecular weight excluding hydrogens is 471 g/mol. The van der Waals surface area contributed by atoms with Crippen molar-refractivity contribution in [2.45, 2.75) is 45.7 Å². The zero-order valence-corrected chi connectivity index (χ0v) is 23.5. The van der Waals surface area contributed by atoms with E-state index < -0.39 is 7.92 Å². The fraction of sp³-hybridized carbons (Fsp3) is 0.367. The number of methoxy groups -OCH3 is 4. The highest BCUT2D eigenvalue weighted by molar-refractivity contribution is 7.81. The van der Waals surface area contributed by atoms with Gasteiger partial charge in [-0.25, -0.2) is 0 Å². The Labute approximate surface area is 216 Å². The topological polar surface area (TPSA) is 54.0 Å². The number of hydrogen-bond acceptors (Lipinski definition) is 5. The highest BCUT2D eigenvalue weighted by Gasteiger charge is 2.32. The SMILES string of the molecule is CCc1ccc(OC)c(C(=O)P(Cc2c(OC)ccc(C(C)(C)C)c2OC)c2ccccc2)c1OC. The van der Waals surface area contributed by atoms with E-state index in [2.05, 4.69) is 20.8 Å². The summed E-state index contributed by atoms with van der Waals surface area (Å²) in [6.07, 6.45) is 1.20. The van der Waals surface area contributed by atoms with E-state index in [0.29, 0.717) is 29.0 Å². The van der Waals surface area contributed by atoms with E-state index in [1.807, 2.05) is 61.5 Å². The van der Waals surface area contributed by atoms with Crippen LogP contribution in [-0.4, -0.2) is 34.0 Å². The predicted octanol–water partition coefficient (Wildman–Crippen LogP) is 6.73. The Bertz CT molecular complexity index is 1200. The van der Waals surface area contributed by atoms with Gasteiger partial charge in [-0.15, -0.1) is 0 Å². The lowest BCUT2D eigenvalue weighted by atomic mass is 9.85. The molecule has 3 aromatic carbocycles. The molecule has 0 heterocycles. The van der Waals surface area contributed by atoms with Crippen LogP contribution in [0.5, 0.6) is 23.0 Å². The van der Waals surface area contributed by atoms with Gasteiger partial charge < -0.3 is 18.9 Å². The van der Waals surface area contributed by atoms with Crippen molar-refractivity contribution in [2.24, 2.45) is 0 Å². The molecule has 192 valence electrons. The molecule has 6 heteroatoms. The highest BCUT2D eigenvalue weighted by Crippen LogP contribution is 2.51. The Morgan fingerprint density at radius 3 is 1.92 bits per heavy atom. The van der Waals surface area contributed by atoms with Gasteiger partial charge in [0.1, 0.15) is 28.6 Å². The van der Waals surface area contributed by atoms with Gasteiger partial charge >= 0.3 is 0 Å². The van der Waals surface area contributed by atoms with E-state index in [4.69, 9.17) is 18.9 Å². The standard InChI is InChI=1S/C30H37O5P/c1-9-20-15-17-25(33-6)26(27(20)34-7)29(31)36(21-13-11-10-12-14-21)19-22-24(32-5)18-16-23(28(22)35-8)30(2,3)4/h10-18H,9,19H2,1-8H3. The predicted molar refractivity (Wildman–Crippen MR) is 148 cm³/mol. The van der Waals surface area contributed by atoms with Gasteiger partial charge in [-0.3, -0.25) is 4.79 Å². The summed E-state index contributed by atoms with van der Waals surface area (Å²) < 4.78 is 23.2. The molecule has 3 aromatic rings. The molecule has 36 heavy (non-hydrogen) atoms. The number of ether oxygens (including phenoxy) is 4. The van der Waals surface area contributed by atoms with Crippen LogP contribution >= 0.6 is 7.92 Å². The molecule has 1 unspecified atom stereocenters. The Balaban J connectivity index is 2.27. The Morgan fingerprint density at radius 1 is 0.778 bits per heavy atom. The van der Waals surface area contributed by atoms with Crippen molar-refractivity contribution < 1.29 is 23.7 Å². The van der Waals surface area contributed by atoms with Crippen LogP contribution in [0.15, 0.2) is 54.6 Å². The summed E-state index contributed by atoms with van der Waals surface area (Å²) in [5, 5.41) is 0.966. The quantitative estimate of drug-likeness (QED) is 0.284. The second-order valence-corrected chi connectivity index (χ2v) is 11.6. The molecule has 1 atom stereocenters. The summed E-state index contributed by atoms with van der Waals surface area (Å²) in [4.78, 5) is 14.4. The maximum absolute atomic E-state index is 14.4. The first-order valence-corrected chi connectivity index (χ1v) is 13.6. The molecule has 0 aliphatic rings. The van der Waals surface area contributed by atoms with Crippen LogP contribution in [0.4, 0.5) is 0 Å². The number of benzene rings is 3. The van der Waals surface area contributed by atoms with Crippen LogP contribution in [-0.2, 0) is 18.0 Å². The number of rotatable bonds is 10. The van der Waals surface area contributed by atoms with Crippen molar-refractivity contribution in [3.8, 4) is 23.0 Å². The molecule has 0 aliphatic heterocycles. The van der Waals surface area contributed by atoms with E-state index >= 15 is 0 Å². The number of carbonyl (C=O) groups is 1. The molecule has 3 rings (SSSR count). The third-order valence-electron chi connectivity index (χ3n) is 6.30. The van der Waals surface area contributed by atoms with Gasteiger partial charge in [0.2, 0.25) is 0 Å². The summed E-state index contributed by atoms with van der Waals surface area (Å²) in [5.41, 5.74) is 3.26. The summed E-state index contributed by atoms with van der Waals surface area (Å²) in [7, 11) is 5.14. The molecule has 0 saturated heterocycles. The molecule has 0 amide bonds. The first kappa shape index (κ1) is 27.5. The molecule has 0 bridgehead atoms. The monoisotopic (exact) mass is 508 g/mol. The summed E-state index contributed by atoms with van der Waals surface area (Å²) >= 11 is 0. The molecular formula is C30H37O5P. The minimum Gasteiger partial charge on any atom is -0.496 e. The first-order valence-electron chi connectivity index (χ1n) is 12.1. The second-order valence-electron chi connectivity index (χ2n) is 9.49. The van der Waals surface area contributed by atoms with Crippen LogP contribution in [0.2, 0.25) is 0 Å². The van der Waals surface area contributed by atoms with Crippen LogP contribution in [0.25, 0.3) is 0 Å². The Kier molecular flexibility index (Phi) is 9.03. The Hall–Kier alpha value is -3.04. The zero-order valence-electron chi connectivity index (χ0n) is 22.6. The minimum atomic E-state index is -1.38. The van der Waals surface area contributed by atoms with Crippen molar-refractivity contribution in [3.63, 3.8) is 0 Å². The van der Waals surface area contributed by atoms with Gasteiger partial charge in [0.25, 0.3) is 0 Å². The smallest absolute Gasteiger partial charge is 0.196 e. The van der Waals surface area contributed by atoms with Gasteiger partial charge in [0, 0.05) is 25.2 Å². The first-order chi connectivity index (χ1) is 17.2. The molecule has 0 aliphatic carbocycles. The average molecular weight is 509 g/mol. The molecule has 0 saturated carbocycles. The van der Waals surface area contributed by atoms with Gasteiger partial charge in [-0.1, -0.05) is 70.2 Å². The molecule has 0 spiro atoms. The van der Waals surface area contributed by atoms with E-state index in [1.165, 1.54) is 0 Å². The number of carbonyl (C=O) groups excluding carboxylic acids is 1. The summed E-state index contributed by atoms with van der Waals surface area (Å²) in [6, 6.07) is 17.8. The van der Waals surface area contributed by atoms with Gasteiger partial charge in [0.05, 0.1) is 28.4 Å². The van der Waals surface area contributed by atoms with Crippen LogP contribution in [0.3, 0.4) is 0 Å². The Morgan fingerprint density at radius 2 is 1.39 bits per heavy atom. The largest absolute Gasteiger partial charge is 0.496 e. The van der Waals surface area contributed by atoms with Crippen molar-refractivity contribution in [1.82, 2.24) is 0 Å². The van der Waals surface area contributed by atoms with Crippen molar-refractivity contribution in [1.29, 1.82) is 0 Å². The molecule has 0 radical (unpaired) electrons. The van der Waals surface area contributed by atoms with Crippen LogP contribution in [0, 0.1) is 0 Å². The van der Waals surface area contributed by atoms with E-state index in [-0.39, 0.29) is 10.9 Å². The minimum absolute atomic E-state index is 0.00883. The lowest BCUT2D eigenvalue weighted by molar-refractivity contribution is 0.107. The number of aryl methyl sites for hydroxylation is 1. The second kappa shape index (κ2) is 11.8. The maximum Gasteiger partial charge on any atom is 0.196 e. The van der Waals surface area contributed by atoms with E-state index in [1.54, 1.807) is 28.4 Å². The van der Waals surface area contributed by atoms with Crippen LogP contribution in [0.1, 0.15) is 54.7 Å². The maximum atomic E-state index is 14.4. The lowest BCUT2D eigenvalue weighted by Gasteiger charge is -2.27. The summed E-state index contributed by atoms with van der Waals surface area (Å²) in [6.45, 7) is 8.50. The van der Waals surface area contributed by atoms with Crippen molar-refractivity contribution in [2.75, 3.05) is 28.4 Å². The van der Waals surface area contributed by atoms with Gasteiger partial charge in [0.15, 0.2) is 5.52 Å². The highest BCUT2D eigenvalue weighted by atomic mass is 31.1. The van der Waals surface area contributed by atoms with E-state index in [0.717, 1.165) is 34.2 Å². The summed E-state index contributed by atoms with van der Waals surface area (Å²) in [5.74, 6) is 2.56. The number of hydrogen-bond donors (Lipinski definition) is 0. The van der Waals surface area contributed by atoms with Gasteiger partial charge in [-0.2, -0.15) is 0 Å². The normalized spacial score (nSPS) is 12.1. The fourth-order valence-electron chi connectivity index (χ4n) is 4.45. The fourth-order valence-corrected chi connectivity index (χ4v) is 6.64. The van der Waals surface area contributed by atoms with Crippen molar-refractivity contribution >= 4 is 18.8 Å². The van der Waals surface area contributed by atoms with E-state index in [9.17, 15) is 4.79 Å². The lowest BCUT2D eigenvalue weighted by Crippen LogP contribution is -2.17. The third-order valence-corrected chi connectivity index (χ3v) is 8.57. The molecule has 0 N–H and O–H groups in total. The zero-order chi connectivity index (χ0) is 26.5. The van der Waals surface area contributed by atoms with Crippen LogP contribution < -0.4 is 24.3 Å². The van der Waals surface area contributed by atoms with Gasteiger partial charge in [-0.05, 0) is 34.8 Å². The van der Waals surface area contributed by atoms with Crippen molar-refractivity contribution in [3.05, 3.63) is 76.9 Å². The molecule has 0 fully saturated rings.